The van der Waals surface area contributed by atoms with Crippen LogP contribution in [-0.2, 0) is 0 Å². The molecule has 0 radical (unpaired) electrons. The number of aromatic amines is 1. The lowest BCUT2D eigenvalue weighted by atomic mass is 9.95. The van der Waals surface area contributed by atoms with Gasteiger partial charge in [-0.2, -0.15) is 0 Å². The summed E-state index contributed by atoms with van der Waals surface area (Å²) < 4.78 is 13.7. The quantitative estimate of drug-likeness (QED) is 0.652. The number of halogens is 2. The van der Waals surface area contributed by atoms with Gasteiger partial charge in [0, 0.05) is 15.6 Å². The van der Waals surface area contributed by atoms with Crippen LogP contribution in [0.5, 0.6) is 0 Å². The van der Waals surface area contributed by atoms with E-state index in [-0.39, 0.29) is 10.0 Å². The first-order valence-electron chi connectivity index (χ1n) is 5.71. The van der Waals surface area contributed by atoms with Crippen LogP contribution < -0.4 is 11.3 Å². The molecule has 1 heterocycles. The van der Waals surface area contributed by atoms with Crippen molar-refractivity contribution in [3.8, 4) is 11.1 Å². The molecule has 0 atom stereocenters. The highest BCUT2D eigenvalue weighted by Crippen LogP contribution is 2.34. The predicted octanol–water partition coefficient (Wildman–Crippen LogP) is 1.92. The van der Waals surface area contributed by atoms with Crippen molar-refractivity contribution in [3.05, 3.63) is 50.0 Å². The van der Waals surface area contributed by atoms with E-state index in [1.807, 2.05) is 4.98 Å². The van der Waals surface area contributed by atoms with Gasteiger partial charge in [-0.25, -0.2) is 14.0 Å². The van der Waals surface area contributed by atoms with Crippen molar-refractivity contribution in [1.82, 2.24) is 4.98 Å². The smallest absolute Gasteiger partial charge is 0.342 e. The standard InChI is InChI=1S/C13H8BrFN2O5/c14-6-2-1-4(15)3-5(6)7-8(12(19)20)10(16)17-11(18)9(7)13(21)22/h1-3H,(H,19,20)(H,21,22)(H3,16,17,18). The van der Waals surface area contributed by atoms with Crippen LogP contribution in [0.1, 0.15) is 20.7 Å². The van der Waals surface area contributed by atoms with Crippen molar-refractivity contribution >= 4 is 33.7 Å². The van der Waals surface area contributed by atoms with Gasteiger partial charge >= 0.3 is 11.9 Å². The molecular weight excluding hydrogens is 363 g/mol. The SMILES string of the molecule is Nc1[nH]c(=O)c(C(=O)O)c(-c2cc(F)ccc2Br)c1C(=O)O. The van der Waals surface area contributed by atoms with Crippen molar-refractivity contribution in [1.29, 1.82) is 0 Å². The summed E-state index contributed by atoms with van der Waals surface area (Å²) in [4.78, 5) is 36.5. The number of aromatic nitrogens is 1. The molecule has 1 aromatic carbocycles. The van der Waals surface area contributed by atoms with E-state index in [0.717, 1.165) is 12.1 Å². The Bertz CT molecular complexity index is 862. The average Bonchev–Trinajstić information content (AvgIpc) is 2.39. The predicted molar refractivity (Wildman–Crippen MR) is 78.5 cm³/mol. The Hall–Kier alpha value is -2.68. The molecule has 9 heteroatoms. The molecule has 114 valence electrons. The molecule has 1 aromatic heterocycles. The summed E-state index contributed by atoms with van der Waals surface area (Å²) in [5, 5.41) is 18.5. The van der Waals surface area contributed by atoms with Gasteiger partial charge in [-0.3, -0.25) is 4.79 Å². The van der Waals surface area contributed by atoms with Crippen LogP contribution in [0.15, 0.2) is 27.5 Å². The number of anilines is 1. The van der Waals surface area contributed by atoms with Crippen LogP contribution in [0.25, 0.3) is 11.1 Å². The molecule has 0 bridgehead atoms. The number of H-pyrrole nitrogens is 1. The average molecular weight is 371 g/mol. The second-order valence-corrected chi connectivity index (χ2v) is 5.08. The number of nitrogens with one attached hydrogen (secondary N) is 1. The van der Waals surface area contributed by atoms with E-state index in [0.29, 0.717) is 0 Å². The lowest BCUT2D eigenvalue weighted by molar-refractivity contribution is 0.0695. The largest absolute Gasteiger partial charge is 0.478 e. The molecule has 0 aliphatic heterocycles. The first kappa shape index (κ1) is 15.7. The third kappa shape index (κ3) is 2.58. The first-order valence-corrected chi connectivity index (χ1v) is 6.51. The van der Waals surface area contributed by atoms with E-state index < -0.39 is 45.8 Å². The molecule has 0 saturated heterocycles. The van der Waals surface area contributed by atoms with Crippen LogP contribution in [0.3, 0.4) is 0 Å². The molecule has 5 N–H and O–H groups in total. The fourth-order valence-electron chi connectivity index (χ4n) is 2.01. The minimum Gasteiger partial charge on any atom is -0.478 e. The second-order valence-electron chi connectivity index (χ2n) is 4.23. The molecular formula is C13H8BrFN2O5. The third-order valence-corrected chi connectivity index (χ3v) is 3.56. The van der Waals surface area contributed by atoms with E-state index in [1.165, 1.54) is 6.07 Å². The van der Waals surface area contributed by atoms with Gasteiger partial charge in [-0.15, -0.1) is 0 Å². The number of nitrogen functional groups attached to an aromatic ring is 1. The summed E-state index contributed by atoms with van der Waals surface area (Å²) in [5.74, 6) is -4.46. The summed E-state index contributed by atoms with van der Waals surface area (Å²) in [6.45, 7) is 0. The van der Waals surface area contributed by atoms with E-state index in [4.69, 9.17) is 5.73 Å². The Kier molecular flexibility index (Phi) is 4.00. The Morgan fingerprint density at radius 2 is 1.77 bits per heavy atom. The number of carboxylic acids is 2. The van der Waals surface area contributed by atoms with Crippen LogP contribution in [-0.4, -0.2) is 27.1 Å². The maximum atomic E-state index is 13.5. The van der Waals surface area contributed by atoms with Crippen LogP contribution in [0.2, 0.25) is 0 Å². The molecule has 0 amide bonds. The summed E-state index contributed by atoms with van der Waals surface area (Å²) in [7, 11) is 0. The van der Waals surface area contributed by atoms with Crippen molar-refractivity contribution in [3.63, 3.8) is 0 Å². The lowest BCUT2D eigenvalue weighted by Crippen LogP contribution is -2.24. The van der Waals surface area contributed by atoms with Crippen molar-refractivity contribution in [2.75, 3.05) is 5.73 Å². The number of nitrogens with two attached hydrogens (primary N) is 1. The number of hydrogen-bond acceptors (Lipinski definition) is 4. The number of carbonyl (C=O) groups is 2. The molecule has 2 aromatic rings. The molecule has 0 saturated carbocycles. The number of benzene rings is 1. The van der Waals surface area contributed by atoms with Crippen molar-refractivity contribution in [2.24, 2.45) is 0 Å². The number of rotatable bonds is 3. The maximum absolute atomic E-state index is 13.5. The minimum absolute atomic E-state index is 0.104. The van der Waals surface area contributed by atoms with Crippen molar-refractivity contribution in [2.45, 2.75) is 0 Å². The van der Waals surface area contributed by atoms with Gasteiger partial charge in [0.15, 0.2) is 0 Å². The topological polar surface area (TPSA) is 133 Å². The van der Waals surface area contributed by atoms with Gasteiger partial charge in [-0.05, 0) is 18.2 Å². The molecule has 0 spiro atoms. The fourth-order valence-corrected chi connectivity index (χ4v) is 2.45. The van der Waals surface area contributed by atoms with Gasteiger partial charge in [-0.1, -0.05) is 15.9 Å². The van der Waals surface area contributed by atoms with E-state index in [9.17, 15) is 29.0 Å². The molecule has 22 heavy (non-hydrogen) atoms. The zero-order valence-electron chi connectivity index (χ0n) is 10.7. The third-order valence-electron chi connectivity index (χ3n) is 2.87. The highest BCUT2D eigenvalue weighted by Gasteiger charge is 2.27. The van der Waals surface area contributed by atoms with Gasteiger partial charge in [0.25, 0.3) is 5.56 Å². The number of pyridine rings is 1. The molecule has 0 aliphatic rings. The summed E-state index contributed by atoms with van der Waals surface area (Å²) in [6, 6.07) is 3.27. The maximum Gasteiger partial charge on any atom is 0.342 e. The Labute approximate surface area is 130 Å². The van der Waals surface area contributed by atoms with E-state index >= 15 is 0 Å². The summed E-state index contributed by atoms with van der Waals surface area (Å²) >= 11 is 3.08. The molecule has 0 fully saturated rings. The molecule has 7 nitrogen and oxygen atoms in total. The highest BCUT2D eigenvalue weighted by atomic mass is 79.9. The van der Waals surface area contributed by atoms with E-state index in [1.54, 1.807) is 0 Å². The normalized spacial score (nSPS) is 10.5. The lowest BCUT2D eigenvalue weighted by Gasteiger charge is -2.13. The number of hydrogen-bond donors (Lipinski definition) is 4. The van der Waals surface area contributed by atoms with Gasteiger partial charge in [0.2, 0.25) is 0 Å². The number of aromatic carboxylic acids is 2. The molecule has 2 rings (SSSR count). The van der Waals surface area contributed by atoms with Crippen LogP contribution >= 0.6 is 15.9 Å². The van der Waals surface area contributed by atoms with Crippen LogP contribution in [0.4, 0.5) is 10.2 Å². The van der Waals surface area contributed by atoms with Gasteiger partial charge < -0.3 is 20.9 Å². The Morgan fingerprint density at radius 1 is 1.18 bits per heavy atom. The number of carboxylic acid groups (broad SMARTS) is 2. The molecule has 0 unspecified atom stereocenters. The van der Waals surface area contributed by atoms with Gasteiger partial charge in [0.1, 0.15) is 22.8 Å². The van der Waals surface area contributed by atoms with Gasteiger partial charge in [0.05, 0.1) is 0 Å². The second kappa shape index (κ2) is 5.60. The van der Waals surface area contributed by atoms with E-state index in [2.05, 4.69) is 15.9 Å². The zero-order chi connectivity index (χ0) is 16.6. The highest BCUT2D eigenvalue weighted by molar-refractivity contribution is 9.10. The first-order chi connectivity index (χ1) is 10.2. The van der Waals surface area contributed by atoms with Crippen molar-refractivity contribution < 1.29 is 24.2 Å². The fraction of sp³-hybridized carbons (Fsp3) is 0. The zero-order valence-corrected chi connectivity index (χ0v) is 12.3. The Balaban J connectivity index is 3.06. The minimum atomic E-state index is -1.66. The van der Waals surface area contributed by atoms with Crippen LogP contribution in [0, 0.1) is 5.82 Å². The summed E-state index contributed by atoms with van der Waals surface area (Å²) in [5.41, 5.74) is 2.37. The molecule has 0 aliphatic carbocycles. The summed E-state index contributed by atoms with van der Waals surface area (Å²) in [6.07, 6.45) is 0. The monoisotopic (exact) mass is 370 g/mol. The Morgan fingerprint density at radius 3 is 2.32 bits per heavy atom.